The van der Waals surface area contributed by atoms with Crippen LogP contribution in [0.25, 0.3) is 0 Å². The summed E-state index contributed by atoms with van der Waals surface area (Å²) < 4.78 is 17.1. The SMILES string of the molecule is CCCc1c(O)cccc1Oc1cc(Oc2cc(Oc3cccc(O)c3CCC)c([N+](=O)[O-])cc2[N+](=O)[O-])c([N+](=O)[O-])cc1[N+](=O)[O-]. The fraction of sp³-hybridized carbons (Fsp3) is 0.200. The Morgan fingerprint density at radius 2 is 0.809 bits per heavy atom. The van der Waals surface area contributed by atoms with Gasteiger partial charge < -0.3 is 24.4 Å². The molecule has 0 aliphatic carbocycles. The van der Waals surface area contributed by atoms with Crippen LogP contribution in [0.5, 0.6) is 46.0 Å². The average molecular weight is 651 g/mol. The van der Waals surface area contributed by atoms with E-state index in [4.69, 9.17) is 14.2 Å². The van der Waals surface area contributed by atoms with E-state index in [1.54, 1.807) is 0 Å². The molecule has 17 heteroatoms. The number of benzene rings is 4. The van der Waals surface area contributed by atoms with E-state index in [-0.39, 0.29) is 23.0 Å². The first-order valence-corrected chi connectivity index (χ1v) is 13.9. The molecule has 47 heavy (non-hydrogen) atoms. The van der Waals surface area contributed by atoms with Crippen LogP contribution in [-0.2, 0) is 12.8 Å². The van der Waals surface area contributed by atoms with Gasteiger partial charge in [-0.15, -0.1) is 0 Å². The van der Waals surface area contributed by atoms with E-state index < -0.39 is 65.4 Å². The molecule has 0 fully saturated rings. The Labute approximate surface area is 264 Å². The maximum Gasteiger partial charge on any atom is 0.318 e. The van der Waals surface area contributed by atoms with Crippen LogP contribution >= 0.6 is 0 Å². The zero-order valence-corrected chi connectivity index (χ0v) is 24.8. The molecule has 4 aromatic carbocycles. The Morgan fingerprint density at radius 1 is 0.511 bits per heavy atom. The summed E-state index contributed by atoms with van der Waals surface area (Å²) in [5.74, 6) is -2.95. The average Bonchev–Trinajstić information content (AvgIpc) is 3.00. The molecule has 0 atom stereocenters. The number of hydrogen-bond donors (Lipinski definition) is 2. The first-order chi connectivity index (χ1) is 22.4. The van der Waals surface area contributed by atoms with E-state index in [1.807, 2.05) is 13.8 Å². The highest BCUT2D eigenvalue weighted by Crippen LogP contribution is 2.48. The molecule has 0 saturated heterocycles. The van der Waals surface area contributed by atoms with Crippen molar-refractivity contribution in [2.24, 2.45) is 0 Å². The van der Waals surface area contributed by atoms with Crippen LogP contribution in [-0.4, -0.2) is 29.9 Å². The zero-order chi connectivity index (χ0) is 34.4. The number of phenolic OH excluding ortho intramolecular Hbond substituents is 2. The van der Waals surface area contributed by atoms with Crippen molar-refractivity contribution in [2.75, 3.05) is 0 Å². The van der Waals surface area contributed by atoms with E-state index in [2.05, 4.69) is 0 Å². The van der Waals surface area contributed by atoms with Crippen LogP contribution in [0.15, 0.2) is 60.7 Å². The third-order valence-electron chi connectivity index (χ3n) is 6.74. The Bertz CT molecular complexity index is 1760. The molecule has 0 aliphatic heterocycles. The van der Waals surface area contributed by atoms with Gasteiger partial charge >= 0.3 is 22.7 Å². The van der Waals surface area contributed by atoms with Crippen molar-refractivity contribution in [3.63, 3.8) is 0 Å². The Kier molecular flexibility index (Phi) is 9.98. The molecule has 0 spiro atoms. The van der Waals surface area contributed by atoms with Crippen molar-refractivity contribution < 1.29 is 44.1 Å². The van der Waals surface area contributed by atoms with E-state index in [0.29, 0.717) is 48.9 Å². The monoisotopic (exact) mass is 650 g/mol. The lowest BCUT2D eigenvalue weighted by Crippen LogP contribution is -2.02. The third-order valence-corrected chi connectivity index (χ3v) is 6.74. The third kappa shape index (κ3) is 7.25. The summed E-state index contributed by atoms with van der Waals surface area (Å²) in [5, 5.41) is 68.5. The molecule has 4 aromatic rings. The normalized spacial score (nSPS) is 10.7. The molecule has 0 bridgehead atoms. The Hall–Kier alpha value is -6.52. The first-order valence-electron chi connectivity index (χ1n) is 13.9. The largest absolute Gasteiger partial charge is 0.508 e. The van der Waals surface area contributed by atoms with E-state index >= 15 is 0 Å². The number of nitro benzene ring substituents is 4. The van der Waals surface area contributed by atoms with E-state index in [0.717, 1.165) is 12.1 Å². The smallest absolute Gasteiger partial charge is 0.318 e. The quantitative estimate of drug-likeness (QED) is 0.0971. The van der Waals surface area contributed by atoms with Gasteiger partial charge in [0.15, 0.2) is 0 Å². The van der Waals surface area contributed by atoms with Crippen LogP contribution in [0.1, 0.15) is 37.8 Å². The lowest BCUT2D eigenvalue weighted by atomic mass is 10.1. The second kappa shape index (κ2) is 14.1. The highest BCUT2D eigenvalue weighted by Gasteiger charge is 2.32. The molecule has 0 aliphatic rings. The molecular weight excluding hydrogens is 624 g/mol. The number of ether oxygens (including phenoxy) is 3. The first kappa shape index (κ1) is 33.4. The number of hydrogen-bond acceptors (Lipinski definition) is 13. The second-order valence-corrected chi connectivity index (χ2v) is 9.92. The maximum absolute atomic E-state index is 12.0. The van der Waals surface area contributed by atoms with Gasteiger partial charge in [-0.2, -0.15) is 0 Å². The molecule has 2 N–H and O–H groups in total. The summed E-state index contributed by atoms with van der Waals surface area (Å²) in [6.07, 6.45) is 1.73. The van der Waals surface area contributed by atoms with Crippen LogP contribution in [0, 0.1) is 40.5 Å². The van der Waals surface area contributed by atoms with Crippen molar-refractivity contribution in [2.45, 2.75) is 39.5 Å². The predicted molar refractivity (Wildman–Crippen MR) is 164 cm³/mol. The number of rotatable bonds is 14. The molecular formula is C30H26N4O13. The Morgan fingerprint density at radius 3 is 1.09 bits per heavy atom. The van der Waals surface area contributed by atoms with Crippen molar-refractivity contribution in [3.05, 3.63) is 112 Å². The topological polar surface area (TPSA) is 241 Å². The summed E-state index contributed by atoms with van der Waals surface area (Å²) >= 11 is 0. The van der Waals surface area contributed by atoms with Gasteiger partial charge in [-0.25, -0.2) is 0 Å². The van der Waals surface area contributed by atoms with E-state index in [1.165, 1.54) is 36.4 Å². The summed E-state index contributed by atoms with van der Waals surface area (Å²) in [6, 6.07) is 11.0. The van der Waals surface area contributed by atoms with Crippen LogP contribution < -0.4 is 14.2 Å². The van der Waals surface area contributed by atoms with Gasteiger partial charge in [0, 0.05) is 23.3 Å². The maximum atomic E-state index is 12.0. The van der Waals surface area contributed by atoms with Gasteiger partial charge in [0.05, 0.1) is 19.7 Å². The summed E-state index contributed by atoms with van der Waals surface area (Å²) in [7, 11) is 0. The molecule has 0 amide bonds. The summed E-state index contributed by atoms with van der Waals surface area (Å²) in [4.78, 5) is 43.9. The molecule has 0 saturated carbocycles. The highest BCUT2D eigenvalue weighted by molar-refractivity contribution is 5.67. The van der Waals surface area contributed by atoms with Crippen molar-refractivity contribution in [1.29, 1.82) is 0 Å². The van der Waals surface area contributed by atoms with Gasteiger partial charge in [0.2, 0.25) is 23.0 Å². The van der Waals surface area contributed by atoms with Gasteiger partial charge in [0.1, 0.15) is 35.1 Å². The van der Waals surface area contributed by atoms with Crippen LogP contribution in [0.4, 0.5) is 22.7 Å². The highest BCUT2D eigenvalue weighted by atomic mass is 16.6. The predicted octanol–water partition coefficient (Wildman–Crippen LogP) is 8.01. The molecule has 0 unspecified atom stereocenters. The van der Waals surface area contributed by atoms with Crippen molar-refractivity contribution in [3.8, 4) is 46.0 Å². The van der Waals surface area contributed by atoms with Crippen molar-refractivity contribution in [1.82, 2.24) is 0 Å². The minimum Gasteiger partial charge on any atom is -0.508 e. The summed E-state index contributed by atoms with van der Waals surface area (Å²) in [6.45, 7) is 3.63. The summed E-state index contributed by atoms with van der Waals surface area (Å²) in [5.41, 5.74) is -3.09. The lowest BCUT2D eigenvalue weighted by molar-refractivity contribution is -0.396. The molecule has 244 valence electrons. The van der Waals surface area contributed by atoms with Crippen LogP contribution in [0.2, 0.25) is 0 Å². The fourth-order valence-corrected chi connectivity index (χ4v) is 4.63. The number of nitro groups is 4. The molecule has 0 aromatic heterocycles. The van der Waals surface area contributed by atoms with Gasteiger partial charge in [-0.05, 0) is 37.1 Å². The standard InChI is InChI=1S/C30H26N4O13/c1-3-7-17-23(35)9-5-11-25(17)45-27-15-29(21(33(41)42)13-19(27)31(37)38)47-30-16-28(20(32(39)40)14-22(30)34(43)44)46-26-12-6-10-24(36)18(26)8-4-2/h5-6,9-16,35-36H,3-4,7-8H2,1-2H3. The Balaban J connectivity index is 1.90. The number of aromatic hydroxyl groups is 2. The number of nitrogens with zero attached hydrogens (tertiary/aromatic N) is 4. The molecule has 0 heterocycles. The molecule has 17 nitrogen and oxygen atoms in total. The van der Waals surface area contributed by atoms with Crippen LogP contribution in [0.3, 0.4) is 0 Å². The van der Waals surface area contributed by atoms with Gasteiger partial charge in [0.25, 0.3) is 0 Å². The molecule has 4 rings (SSSR count). The second-order valence-electron chi connectivity index (χ2n) is 9.92. The lowest BCUT2D eigenvalue weighted by Gasteiger charge is -2.15. The van der Waals surface area contributed by atoms with Gasteiger partial charge in [-0.3, -0.25) is 40.5 Å². The zero-order valence-electron chi connectivity index (χ0n) is 24.8. The van der Waals surface area contributed by atoms with Gasteiger partial charge in [-0.1, -0.05) is 38.8 Å². The van der Waals surface area contributed by atoms with E-state index in [9.17, 15) is 50.7 Å². The number of phenols is 2. The molecule has 0 radical (unpaired) electrons. The minimum absolute atomic E-state index is 0.000697. The minimum atomic E-state index is -1.03. The fourth-order valence-electron chi connectivity index (χ4n) is 4.63. The van der Waals surface area contributed by atoms with Crippen molar-refractivity contribution >= 4 is 22.7 Å².